The Balaban J connectivity index is 0.00000300. The Morgan fingerprint density at radius 1 is 1.17 bits per heavy atom. The molecule has 8 heteroatoms. The van der Waals surface area contributed by atoms with Crippen molar-refractivity contribution in [2.75, 3.05) is 6.54 Å². The van der Waals surface area contributed by atoms with Gasteiger partial charge in [-0.05, 0) is 6.92 Å². The smallest absolute Gasteiger partial charge is 0.213 e. The second-order valence-corrected chi connectivity index (χ2v) is 8.29. The molecular weight excluding hydrogens is 497 g/mol. The molecular formula is C21H28IN5OS. The van der Waals surface area contributed by atoms with E-state index in [9.17, 15) is 0 Å². The van der Waals surface area contributed by atoms with E-state index < -0.39 is 0 Å². The van der Waals surface area contributed by atoms with Crippen LogP contribution in [0.25, 0.3) is 10.6 Å². The van der Waals surface area contributed by atoms with Crippen molar-refractivity contribution in [1.82, 2.24) is 20.6 Å². The van der Waals surface area contributed by atoms with Crippen LogP contribution in [0.1, 0.15) is 45.0 Å². The fraction of sp³-hybridized carbons (Fsp3) is 0.381. The van der Waals surface area contributed by atoms with Crippen LogP contribution < -0.4 is 10.6 Å². The number of nitrogens with zero attached hydrogens (tertiary/aromatic N) is 3. The largest absolute Gasteiger partial charge is 0.443 e. The number of aliphatic imine (C=N–C) groups is 1. The topological polar surface area (TPSA) is 75.3 Å². The van der Waals surface area contributed by atoms with Crippen LogP contribution in [0, 0.1) is 0 Å². The second kappa shape index (κ2) is 10.7. The molecule has 2 aromatic heterocycles. The summed E-state index contributed by atoms with van der Waals surface area (Å²) < 4.78 is 5.82. The highest BCUT2D eigenvalue weighted by Crippen LogP contribution is 2.24. The predicted octanol–water partition coefficient (Wildman–Crippen LogP) is 4.97. The molecule has 0 spiro atoms. The molecule has 0 amide bonds. The molecule has 0 aliphatic heterocycles. The molecule has 2 heterocycles. The molecule has 0 radical (unpaired) electrons. The minimum absolute atomic E-state index is 0. The van der Waals surface area contributed by atoms with Gasteiger partial charge in [-0.15, -0.1) is 35.3 Å². The van der Waals surface area contributed by atoms with Gasteiger partial charge >= 0.3 is 0 Å². The van der Waals surface area contributed by atoms with Gasteiger partial charge in [0, 0.05) is 22.9 Å². The number of hydrogen-bond acceptors (Lipinski definition) is 5. The Kier molecular flexibility index (Phi) is 8.63. The van der Waals surface area contributed by atoms with Crippen molar-refractivity contribution in [3.63, 3.8) is 0 Å². The lowest BCUT2D eigenvalue weighted by atomic mass is 9.94. The van der Waals surface area contributed by atoms with Crippen molar-refractivity contribution in [1.29, 1.82) is 0 Å². The maximum atomic E-state index is 5.82. The summed E-state index contributed by atoms with van der Waals surface area (Å²) in [5.74, 6) is 2.24. The Labute approximate surface area is 193 Å². The molecule has 0 aliphatic rings. The van der Waals surface area contributed by atoms with E-state index in [4.69, 9.17) is 4.42 Å². The number of guanidine groups is 1. The lowest BCUT2D eigenvalue weighted by Crippen LogP contribution is -2.36. The van der Waals surface area contributed by atoms with Crippen LogP contribution in [0.5, 0.6) is 0 Å². The van der Waals surface area contributed by atoms with E-state index in [0.717, 1.165) is 28.6 Å². The first-order valence-corrected chi connectivity index (χ1v) is 10.3. The van der Waals surface area contributed by atoms with E-state index in [2.05, 4.69) is 63.9 Å². The maximum absolute atomic E-state index is 5.82. The van der Waals surface area contributed by atoms with Crippen LogP contribution in [0.2, 0.25) is 0 Å². The summed E-state index contributed by atoms with van der Waals surface area (Å²) in [4.78, 5) is 13.7. The van der Waals surface area contributed by atoms with Crippen LogP contribution in [0.3, 0.4) is 0 Å². The highest BCUT2D eigenvalue weighted by Gasteiger charge is 2.19. The molecule has 0 unspecified atom stereocenters. The number of thiazole rings is 1. The highest BCUT2D eigenvalue weighted by atomic mass is 127. The van der Waals surface area contributed by atoms with Crippen LogP contribution in [-0.2, 0) is 18.5 Å². The summed E-state index contributed by atoms with van der Waals surface area (Å²) in [6.45, 7) is 10.1. The number of aromatic nitrogens is 2. The van der Waals surface area contributed by atoms with Crippen LogP contribution in [0.15, 0.2) is 51.3 Å². The van der Waals surface area contributed by atoms with Gasteiger partial charge in [-0.1, -0.05) is 51.1 Å². The van der Waals surface area contributed by atoms with E-state index >= 15 is 0 Å². The van der Waals surface area contributed by atoms with Gasteiger partial charge in [-0.3, -0.25) is 0 Å². The van der Waals surface area contributed by atoms with Gasteiger partial charge in [-0.2, -0.15) is 0 Å². The highest BCUT2D eigenvalue weighted by molar-refractivity contribution is 14.0. The first-order valence-electron chi connectivity index (χ1n) is 9.43. The minimum atomic E-state index is -0.0507. The third kappa shape index (κ3) is 6.81. The van der Waals surface area contributed by atoms with Crippen LogP contribution in [0.4, 0.5) is 0 Å². The van der Waals surface area contributed by atoms with E-state index in [1.165, 1.54) is 0 Å². The van der Waals surface area contributed by atoms with E-state index in [0.29, 0.717) is 24.9 Å². The summed E-state index contributed by atoms with van der Waals surface area (Å²) in [6.07, 6.45) is 1.79. The van der Waals surface area contributed by atoms with Crippen molar-refractivity contribution < 1.29 is 4.42 Å². The zero-order chi connectivity index (χ0) is 20.0. The Hall–Kier alpha value is -1.94. The molecule has 0 saturated heterocycles. The first kappa shape index (κ1) is 23.3. The standard InChI is InChI=1S/C21H27N5OS.HI/c1-5-22-20(25-13-18-23-12-17(27-18)21(2,3)4)24-11-16-14-28-19(26-16)15-9-7-6-8-10-15;/h6-10,12,14H,5,11,13H2,1-4H3,(H2,22,24,25);1H. The lowest BCUT2D eigenvalue weighted by molar-refractivity contribution is 0.379. The minimum Gasteiger partial charge on any atom is -0.443 e. The average molecular weight is 525 g/mol. The van der Waals surface area contributed by atoms with Crippen molar-refractivity contribution in [2.45, 2.75) is 46.2 Å². The molecule has 3 rings (SSSR count). The number of oxazole rings is 1. The predicted molar refractivity (Wildman–Crippen MR) is 130 cm³/mol. The molecule has 0 atom stereocenters. The monoisotopic (exact) mass is 525 g/mol. The summed E-state index contributed by atoms with van der Waals surface area (Å²) in [7, 11) is 0. The number of rotatable bonds is 6. The number of hydrogen-bond donors (Lipinski definition) is 2. The first-order chi connectivity index (χ1) is 13.5. The van der Waals surface area contributed by atoms with Gasteiger partial charge in [0.05, 0.1) is 25.0 Å². The fourth-order valence-electron chi connectivity index (χ4n) is 2.49. The van der Waals surface area contributed by atoms with Crippen LogP contribution in [-0.4, -0.2) is 22.5 Å². The Morgan fingerprint density at radius 3 is 2.59 bits per heavy atom. The van der Waals surface area contributed by atoms with Crippen LogP contribution >= 0.6 is 35.3 Å². The van der Waals surface area contributed by atoms with Gasteiger partial charge in [0.25, 0.3) is 0 Å². The third-order valence-electron chi connectivity index (χ3n) is 4.02. The van der Waals surface area contributed by atoms with E-state index in [-0.39, 0.29) is 29.4 Å². The molecule has 0 saturated carbocycles. The van der Waals surface area contributed by atoms with Crippen molar-refractivity contribution in [3.05, 3.63) is 59.3 Å². The lowest BCUT2D eigenvalue weighted by Gasteiger charge is -2.13. The maximum Gasteiger partial charge on any atom is 0.213 e. The number of benzene rings is 1. The number of halogens is 1. The van der Waals surface area contributed by atoms with Gasteiger partial charge in [-0.25, -0.2) is 15.0 Å². The molecule has 29 heavy (non-hydrogen) atoms. The summed E-state index contributed by atoms with van der Waals surface area (Å²) in [5, 5.41) is 9.58. The van der Waals surface area contributed by atoms with Crippen molar-refractivity contribution in [3.8, 4) is 10.6 Å². The van der Waals surface area contributed by atoms with Gasteiger partial charge in [0.15, 0.2) is 5.96 Å². The van der Waals surface area contributed by atoms with E-state index in [1.807, 2.05) is 25.1 Å². The van der Waals surface area contributed by atoms with Gasteiger partial charge in [0.1, 0.15) is 10.8 Å². The quantitative estimate of drug-likeness (QED) is 0.270. The van der Waals surface area contributed by atoms with Gasteiger partial charge < -0.3 is 15.1 Å². The molecule has 156 valence electrons. The summed E-state index contributed by atoms with van der Waals surface area (Å²) >= 11 is 1.64. The normalized spacial score (nSPS) is 11.8. The Morgan fingerprint density at radius 2 is 1.93 bits per heavy atom. The molecule has 0 fully saturated rings. The number of nitrogens with one attached hydrogen (secondary N) is 2. The van der Waals surface area contributed by atoms with E-state index in [1.54, 1.807) is 17.5 Å². The van der Waals surface area contributed by atoms with Crippen molar-refractivity contribution in [2.24, 2.45) is 4.99 Å². The third-order valence-corrected chi connectivity index (χ3v) is 4.96. The molecule has 0 aliphatic carbocycles. The summed E-state index contributed by atoms with van der Waals surface area (Å²) in [5.41, 5.74) is 2.03. The molecule has 1 aromatic carbocycles. The SMILES string of the molecule is CCNC(=NCc1csc(-c2ccccc2)n1)NCc1ncc(C(C)(C)C)o1.I. The second-order valence-electron chi connectivity index (χ2n) is 7.43. The van der Waals surface area contributed by atoms with Gasteiger partial charge in [0.2, 0.25) is 5.89 Å². The molecule has 2 N–H and O–H groups in total. The summed E-state index contributed by atoms with van der Waals surface area (Å²) in [6, 6.07) is 10.2. The van der Waals surface area contributed by atoms with Crippen molar-refractivity contribution >= 4 is 41.3 Å². The zero-order valence-electron chi connectivity index (χ0n) is 17.2. The molecule has 3 aromatic rings. The molecule has 6 nitrogen and oxygen atoms in total. The zero-order valence-corrected chi connectivity index (χ0v) is 20.4. The average Bonchev–Trinajstić information content (AvgIpc) is 3.34. The Bertz CT molecular complexity index is 915. The fourth-order valence-corrected chi connectivity index (χ4v) is 3.31. The molecule has 0 bridgehead atoms.